The molecule has 2 aromatic heterocycles. The molecule has 0 aliphatic carbocycles. The SMILES string of the molecule is c1ccc(-c2ccc(-c3c(N(c4ccc(-c5ccccc5)cc4)c4cccc(-c5ccc6c(c5)oc5ccccc56)c4)ccc4sc5ccccc5c34)cc2)cc1. The molecule has 0 saturated heterocycles. The van der Waals surface area contributed by atoms with Crippen LogP contribution in [0, 0.1) is 0 Å². The summed E-state index contributed by atoms with van der Waals surface area (Å²) in [5.74, 6) is 0. The lowest BCUT2D eigenvalue weighted by atomic mass is 9.94. The summed E-state index contributed by atoms with van der Waals surface area (Å²) >= 11 is 1.86. The summed E-state index contributed by atoms with van der Waals surface area (Å²) in [6.45, 7) is 0. The van der Waals surface area contributed by atoms with Crippen LogP contribution in [0.25, 0.3) is 86.6 Å². The zero-order chi connectivity index (χ0) is 37.7. The van der Waals surface area contributed by atoms with Crippen molar-refractivity contribution in [2.24, 2.45) is 0 Å². The van der Waals surface area contributed by atoms with Gasteiger partial charge >= 0.3 is 0 Å². The Morgan fingerprint density at radius 2 is 0.895 bits per heavy atom. The fraction of sp³-hybridized carbons (Fsp3) is 0. The predicted molar refractivity (Wildman–Crippen MR) is 243 cm³/mol. The minimum absolute atomic E-state index is 0.892. The van der Waals surface area contributed by atoms with E-state index in [-0.39, 0.29) is 0 Å². The molecule has 2 nitrogen and oxygen atoms in total. The second-order valence-corrected chi connectivity index (χ2v) is 15.6. The van der Waals surface area contributed by atoms with Crippen molar-refractivity contribution in [1.29, 1.82) is 0 Å². The smallest absolute Gasteiger partial charge is 0.136 e. The van der Waals surface area contributed by atoms with Crippen molar-refractivity contribution in [1.82, 2.24) is 0 Å². The Morgan fingerprint density at radius 1 is 0.333 bits per heavy atom. The van der Waals surface area contributed by atoms with Gasteiger partial charge in [-0.05, 0) is 99.6 Å². The van der Waals surface area contributed by atoms with E-state index in [9.17, 15) is 0 Å². The molecule has 0 atom stereocenters. The summed E-state index contributed by atoms with van der Waals surface area (Å²) in [6.07, 6.45) is 0. The molecule has 9 aromatic carbocycles. The molecule has 0 unspecified atom stereocenters. The Kier molecular flexibility index (Phi) is 8.04. The molecule has 0 radical (unpaired) electrons. The van der Waals surface area contributed by atoms with Crippen LogP contribution in [0.1, 0.15) is 0 Å². The maximum Gasteiger partial charge on any atom is 0.136 e. The minimum atomic E-state index is 0.892. The first kappa shape index (κ1) is 33.2. The fourth-order valence-electron chi connectivity index (χ4n) is 8.33. The molecule has 0 fully saturated rings. The van der Waals surface area contributed by atoms with Crippen molar-refractivity contribution in [2.75, 3.05) is 4.90 Å². The Labute approximate surface area is 335 Å². The van der Waals surface area contributed by atoms with Crippen LogP contribution >= 0.6 is 11.3 Å². The first-order valence-electron chi connectivity index (χ1n) is 19.3. The average Bonchev–Trinajstić information content (AvgIpc) is 3.86. The normalized spacial score (nSPS) is 11.5. The van der Waals surface area contributed by atoms with Crippen LogP contribution in [0.3, 0.4) is 0 Å². The number of furan rings is 1. The molecule has 0 bridgehead atoms. The van der Waals surface area contributed by atoms with Gasteiger partial charge in [-0.15, -0.1) is 11.3 Å². The number of rotatable bonds is 7. The Morgan fingerprint density at radius 3 is 1.65 bits per heavy atom. The lowest BCUT2D eigenvalue weighted by Gasteiger charge is -2.29. The maximum atomic E-state index is 6.34. The van der Waals surface area contributed by atoms with E-state index in [0.717, 1.165) is 50.1 Å². The highest BCUT2D eigenvalue weighted by atomic mass is 32.1. The number of nitrogens with zero attached hydrogens (tertiary/aromatic N) is 1. The van der Waals surface area contributed by atoms with Crippen LogP contribution in [0.15, 0.2) is 217 Å². The summed E-state index contributed by atoms with van der Waals surface area (Å²) in [6, 6.07) is 76.5. The molecule has 0 spiro atoms. The van der Waals surface area contributed by atoms with Crippen LogP contribution in [0.4, 0.5) is 17.1 Å². The number of fused-ring (bicyclic) bond motifs is 6. The van der Waals surface area contributed by atoms with Gasteiger partial charge in [0.15, 0.2) is 0 Å². The number of para-hydroxylation sites is 1. The second-order valence-electron chi connectivity index (χ2n) is 14.5. The third-order valence-electron chi connectivity index (χ3n) is 11.1. The molecule has 11 rings (SSSR count). The van der Waals surface area contributed by atoms with Gasteiger partial charge in [-0.25, -0.2) is 0 Å². The maximum absolute atomic E-state index is 6.34. The van der Waals surface area contributed by atoms with Gasteiger partial charge in [0.25, 0.3) is 0 Å². The monoisotopic (exact) mass is 745 g/mol. The number of thiophene rings is 1. The van der Waals surface area contributed by atoms with Crippen molar-refractivity contribution in [2.45, 2.75) is 0 Å². The van der Waals surface area contributed by atoms with Gasteiger partial charge < -0.3 is 9.32 Å². The Hall–Kier alpha value is -7.20. The van der Waals surface area contributed by atoms with E-state index in [1.165, 1.54) is 53.6 Å². The quantitative estimate of drug-likeness (QED) is 0.162. The number of benzene rings is 9. The molecule has 11 aromatic rings. The summed E-state index contributed by atoms with van der Waals surface area (Å²) in [5, 5.41) is 4.81. The lowest BCUT2D eigenvalue weighted by molar-refractivity contribution is 0.669. The van der Waals surface area contributed by atoms with Crippen molar-refractivity contribution in [3.05, 3.63) is 212 Å². The summed E-state index contributed by atoms with van der Waals surface area (Å²) in [5.41, 5.74) is 14.5. The molecule has 0 aliphatic rings. The fourth-order valence-corrected chi connectivity index (χ4v) is 9.45. The van der Waals surface area contributed by atoms with E-state index in [0.29, 0.717) is 0 Å². The summed E-state index contributed by atoms with van der Waals surface area (Å²) in [4.78, 5) is 2.43. The van der Waals surface area contributed by atoms with E-state index in [2.05, 4.69) is 205 Å². The number of hydrogen-bond donors (Lipinski definition) is 0. The van der Waals surface area contributed by atoms with Crippen LogP contribution in [0.5, 0.6) is 0 Å². The predicted octanol–water partition coefficient (Wildman–Crippen LogP) is 16.1. The standard InChI is InChI=1S/C54H35NOS/c1-3-12-36(13-4-1)38-22-24-40(25-23-38)53-48(32-33-52-54(53)47-19-8-10-21-51(47)57-52)55(43-29-26-39(27-30-43)37-14-5-2-6-15-37)44-17-11-16-41(34-44)42-28-31-46-45-18-7-9-20-49(45)56-50(46)35-42/h1-35H. The van der Waals surface area contributed by atoms with Crippen molar-refractivity contribution in [3.8, 4) is 44.5 Å². The largest absolute Gasteiger partial charge is 0.456 e. The highest BCUT2D eigenvalue weighted by Crippen LogP contribution is 2.49. The van der Waals surface area contributed by atoms with Crippen LogP contribution in [-0.4, -0.2) is 0 Å². The summed E-state index contributed by atoms with van der Waals surface area (Å²) < 4.78 is 8.90. The molecular weight excluding hydrogens is 711 g/mol. The van der Waals surface area contributed by atoms with E-state index in [1.807, 2.05) is 23.5 Å². The lowest BCUT2D eigenvalue weighted by Crippen LogP contribution is -2.11. The third kappa shape index (κ3) is 5.88. The van der Waals surface area contributed by atoms with Crippen LogP contribution in [-0.2, 0) is 0 Å². The second kappa shape index (κ2) is 13.8. The highest BCUT2D eigenvalue weighted by molar-refractivity contribution is 7.26. The van der Waals surface area contributed by atoms with E-state index in [4.69, 9.17) is 4.42 Å². The van der Waals surface area contributed by atoms with Gasteiger partial charge in [0, 0.05) is 47.9 Å². The molecule has 0 amide bonds. The van der Waals surface area contributed by atoms with E-state index >= 15 is 0 Å². The number of anilines is 3. The number of hydrogen-bond acceptors (Lipinski definition) is 3. The first-order valence-corrected chi connectivity index (χ1v) is 20.1. The first-order chi connectivity index (χ1) is 28.2. The van der Waals surface area contributed by atoms with Gasteiger partial charge in [-0.1, -0.05) is 152 Å². The van der Waals surface area contributed by atoms with Gasteiger partial charge in [-0.2, -0.15) is 0 Å². The molecule has 2 heterocycles. The topological polar surface area (TPSA) is 16.4 Å². The van der Waals surface area contributed by atoms with Gasteiger partial charge in [0.1, 0.15) is 11.2 Å². The zero-order valence-electron chi connectivity index (χ0n) is 31.0. The van der Waals surface area contributed by atoms with Crippen molar-refractivity contribution < 1.29 is 4.42 Å². The minimum Gasteiger partial charge on any atom is -0.456 e. The van der Waals surface area contributed by atoms with Gasteiger partial charge in [0.2, 0.25) is 0 Å². The zero-order valence-corrected chi connectivity index (χ0v) is 31.8. The molecule has 3 heteroatoms. The Bertz CT molecular complexity index is 3210. The van der Waals surface area contributed by atoms with E-state index < -0.39 is 0 Å². The molecule has 0 aliphatic heterocycles. The van der Waals surface area contributed by atoms with E-state index in [1.54, 1.807) is 0 Å². The summed E-state index contributed by atoms with van der Waals surface area (Å²) in [7, 11) is 0. The van der Waals surface area contributed by atoms with Gasteiger partial charge in [0.05, 0.1) is 5.69 Å². The average molecular weight is 746 g/mol. The molecule has 268 valence electrons. The molecular formula is C54H35NOS. The molecule has 0 saturated carbocycles. The van der Waals surface area contributed by atoms with Gasteiger partial charge in [-0.3, -0.25) is 0 Å². The molecule has 0 N–H and O–H groups in total. The highest BCUT2D eigenvalue weighted by Gasteiger charge is 2.23. The van der Waals surface area contributed by atoms with Crippen molar-refractivity contribution >= 4 is 70.5 Å². The van der Waals surface area contributed by atoms with Crippen LogP contribution in [0.2, 0.25) is 0 Å². The molecule has 57 heavy (non-hydrogen) atoms. The third-order valence-corrected chi connectivity index (χ3v) is 12.2. The van der Waals surface area contributed by atoms with Crippen molar-refractivity contribution in [3.63, 3.8) is 0 Å². The Balaban J connectivity index is 1.13. The van der Waals surface area contributed by atoms with Crippen LogP contribution < -0.4 is 4.90 Å².